The number of hydrogen-bond acceptors (Lipinski definition) is 10. The second-order valence-electron chi connectivity index (χ2n) is 12.6. The highest BCUT2D eigenvalue weighted by atomic mass is 16.7. The first-order valence-electron chi connectivity index (χ1n) is 13.9. The molecule has 2 aliphatic carbocycles. The largest absolute Gasteiger partial charge is 0.463 e. The molecule has 5 heterocycles. The predicted octanol–water partition coefficient (Wildman–Crippen LogP) is 1.28. The van der Waals surface area contributed by atoms with Crippen LogP contribution in [-0.4, -0.2) is 95.4 Å². The van der Waals surface area contributed by atoms with Crippen LogP contribution in [0.2, 0.25) is 0 Å². The Balaban J connectivity index is 1.31. The quantitative estimate of drug-likeness (QED) is 0.282. The molecule has 2 N–H and O–H groups in total. The van der Waals surface area contributed by atoms with E-state index in [1.165, 1.54) is 36.8 Å². The van der Waals surface area contributed by atoms with Gasteiger partial charge >= 0.3 is 11.9 Å². The summed E-state index contributed by atoms with van der Waals surface area (Å²) in [5.41, 5.74) is -3.53. The van der Waals surface area contributed by atoms with Crippen molar-refractivity contribution < 1.29 is 48.2 Å². The second kappa shape index (κ2) is 8.24. The maximum atomic E-state index is 13.5. The Morgan fingerprint density at radius 2 is 1.90 bits per heavy atom. The van der Waals surface area contributed by atoms with Crippen LogP contribution in [0.25, 0.3) is 0 Å². The van der Waals surface area contributed by atoms with Crippen molar-refractivity contribution in [3.63, 3.8) is 0 Å². The first-order valence-corrected chi connectivity index (χ1v) is 13.9. The molecule has 3 spiro atoms. The van der Waals surface area contributed by atoms with Crippen LogP contribution in [0, 0.1) is 10.8 Å². The lowest BCUT2D eigenvalue weighted by Gasteiger charge is -2.58. The summed E-state index contributed by atoms with van der Waals surface area (Å²) in [6, 6.07) is 0. The Hall–Kier alpha value is -2.08. The molecule has 39 heavy (non-hydrogen) atoms. The van der Waals surface area contributed by atoms with Gasteiger partial charge in [0.2, 0.25) is 0 Å². The summed E-state index contributed by atoms with van der Waals surface area (Å²) in [6.07, 6.45) is 5.66. The summed E-state index contributed by atoms with van der Waals surface area (Å²) in [7, 11) is 0. The minimum Gasteiger partial charge on any atom is -0.463 e. The normalized spacial score (nSPS) is 54.4. The van der Waals surface area contributed by atoms with E-state index in [0.717, 1.165) is 6.42 Å². The third-order valence-corrected chi connectivity index (χ3v) is 11.0. The molecule has 4 saturated heterocycles. The molecule has 7 aliphatic rings. The number of carbonyl (C=O) groups is 2. The summed E-state index contributed by atoms with van der Waals surface area (Å²) in [5, 5.41) is 22.1. The standard InChI is InChI=1S/C29H36O10/c1-16-7-9-26-14-34-23(32)22-28(39-22)10-11-35-27(17(2)30,24(28)33)8-5-4-6-21(31)38-18-13-20(37-19(26)12-16)29(15-36-29)25(18,26)3/h4-6,8,12,17-20,22,24,30,33H,7,9-11,13-15H2,1-3H3/b6-4+,8-5+. The van der Waals surface area contributed by atoms with Gasteiger partial charge in [0.15, 0.2) is 6.10 Å². The lowest BCUT2D eigenvalue weighted by molar-refractivity contribution is -0.233. The van der Waals surface area contributed by atoms with Crippen LogP contribution >= 0.6 is 0 Å². The molecule has 10 heteroatoms. The number of allylic oxidation sites excluding steroid dienone is 3. The Morgan fingerprint density at radius 1 is 1.10 bits per heavy atom. The van der Waals surface area contributed by atoms with Gasteiger partial charge in [-0.05, 0) is 32.8 Å². The first-order chi connectivity index (χ1) is 18.5. The molecule has 0 aromatic rings. The van der Waals surface area contributed by atoms with E-state index in [-0.39, 0.29) is 31.8 Å². The molecule has 0 aromatic heterocycles. The van der Waals surface area contributed by atoms with Gasteiger partial charge in [0.25, 0.3) is 0 Å². The fourth-order valence-electron chi connectivity index (χ4n) is 8.37. The minimum absolute atomic E-state index is 0.0302. The zero-order chi connectivity index (χ0) is 27.4. The second-order valence-corrected chi connectivity index (χ2v) is 12.6. The van der Waals surface area contributed by atoms with Crippen LogP contribution in [0.1, 0.15) is 46.5 Å². The van der Waals surface area contributed by atoms with E-state index in [2.05, 4.69) is 19.9 Å². The van der Waals surface area contributed by atoms with Crippen molar-refractivity contribution in [2.45, 2.75) is 99.9 Å². The summed E-state index contributed by atoms with van der Waals surface area (Å²) < 4.78 is 36.7. The number of aliphatic hydroxyl groups is 2. The molecule has 5 aliphatic heterocycles. The summed E-state index contributed by atoms with van der Waals surface area (Å²) >= 11 is 0. The minimum atomic E-state index is -1.53. The monoisotopic (exact) mass is 544 g/mol. The molecule has 212 valence electrons. The number of epoxide rings is 2. The third-order valence-electron chi connectivity index (χ3n) is 11.0. The highest BCUT2D eigenvalue weighted by Gasteiger charge is 2.83. The molecule has 0 amide bonds. The van der Waals surface area contributed by atoms with Crippen molar-refractivity contribution >= 4 is 11.9 Å². The fourth-order valence-corrected chi connectivity index (χ4v) is 8.37. The van der Waals surface area contributed by atoms with Gasteiger partial charge in [0.05, 0.1) is 36.9 Å². The number of cyclic esters (lactones) is 1. The first kappa shape index (κ1) is 25.9. The number of esters is 2. The number of aliphatic hydroxyl groups excluding tert-OH is 2. The van der Waals surface area contributed by atoms with Gasteiger partial charge in [-0.2, -0.15) is 0 Å². The summed E-state index contributed by atoms with van der Waals surface area (Å²) in [5.74, 6) is -1.10. The van der Waals surface area contributed by atoms with Crippen LogP contribution < -0.4 is 0 Å². The Bertz CT molecular complexity index is 1190. The van der Waals surface area contributed by atoms with Crippen molar-refractivity contribution in [3.05, 3.63) is 36.0 Å². The molecule has 1 saturated carbocycles. The number of ether oxygens (including phenoxy) is 6. The van der Waals surface area contributed by atoms with Crippen LogP contribution in [0.4, 0.5) is 0 Å². The van der Waals surface area contributed by atoms with Gasteiger partial charge in [-0.15, -0.1) is 0 Å². The van der Waals surface area contributed by atoms with Crippen LogP contribution in [-0.2, 0) is 38.0 Å². The average Bonchev–Trinajstić information content (AvgIpc) is 3.81. The Labute approximate surface area is 226 Å². The van der Waals surface area contributed by atoms with Crippen LogP contribution in [0.3, 0.4) is 0 Å². The maximum Gasteiger partial charge on any atom is 0.338 e. The summed E-state index contributed by atoms with van der Waals surface area (Å²) in [4.78, 5) is 26.6. The van der Waals surface area contributed by atoms with E-state index in [9.17, 15) is 19.8 Å². The van der Waals surface area contributed by atoms with Gasteiger partial charge < -0.3 is 38.6 Å². The number of fused-ring (bicyclic) bond motifs is 1. The van der Waals surface area contributed by atoms with E-state index in [1.54, 1.807) is 0 Å². The molecule has 10 nitrogen and oxygen atoms in total. The lowest BCUT2D eigenvalue weighted by atomic mass is 9.51. The molecular weight excluding hydrogens is 508 g/mol. The zero-order valence-corrected chi connectivity index (χ0v) is 22.5. The van der Waals surface area contributed by atoms with Crippen molar-refractivity contribution in [1.29, 1.82) is 0 Å². The lowest BCUT2D eigenvalue weighted by Crippen LogP contribution is -2.67. The molecule has 0 aromatic carbocycles. The molecule has 11 atom stereocenters. The number of hydrogen-bond donors (Lipinski definition) is 2. The van der Waals surface area contributed by atoms with Gasteiger partial charge in [-0.3, -0.25) is 0 Å². The van der Waals surface area contributed by atoms with E-state index in [4.69, 9.17) is 28.4 Å². The smallest absolute Gasteiger partial charge is 0.338 e. The molecule has 4 bridgehead atoms. The third kappa shape index (κ3) is 3.18. The van der Waals surface area contributed by atoms with Gasteiger partial charge in [-0.25, -0.2) is 9.59 Å². The topological polar surface area (TPSA) is 137 Å². The molecule has 7 rings (SSSR count). The Morgan fingerprint density at radius 3 is 2.64 bits per heavy atom. The molecule has 5 fully saturated rings. The highest BCUT2D eigenvalue weighted by molar-refractivity contribution is 5.82. The van der Waals surface area contributed by atoms with E-state index >= 15 is 0 Å². The van der Waals surface area contributed by atoms with Crippen molar-refractivity contribution in [2.75, 3.05) is 19.8 Å². The van der Waals surface area contributed by atoms with E-state index in [1.807, 2.05) is 0 Å². The number of carbonyl (C=O) groups excluding carboxylic acids is 2. The van der Waals surface area contributed by atoms with Gasteiger partial charge in [0, 0.05) is 24.3 Å². The average molecular weight is 545 g/mol. The van der Waals surface area contributed by atoms with E-state index < -0.39 is 64.0 Å². The van der Waals surface area contributed by atoms with Gasteiger partial charge in [-0.1, -0.05) is 30.7 Å². The predicted molar refractivity (Wildman–Crippen MR) is 133 cm³/mol. The SMILES string of the molecule is CC1=CC2OC3CC4OC(=O)/C=C/C=C/C5(C(C)O)OCCC6(OC6C(=O)OCC2(CC1)C4(C)C31CO1)C5O. The van der Waals surface area contributed by atoms with Crippen molar-refractivity contribution in [2.24, 2.45) is 10.8 Å². The molecule has 11 unspecified atom stereocenters. The van der Waals surface area contributed by atoms with Crippen LogP contribution in [0.15, 0.2) is 36.0 Å². The summed E-state index contributed by atoms with van der Waals surface area (Å²) in [6.45, 7) is 6.35. The van der Waals surface area contributed by atoms with Crippen molar-refractivity contribution in [1.82, 2.24) is 0 Å². The van der Waals surface area contributed by atoms with Crippen molar-refractivity contribution in [3.8, 4) is 0 Å². The Kier molecular flexibility index (Phi) is 5.46. The van der Waals surface area contributed by atoms with E-state index in [0.29, 0.717) is 19.4 Å². The fraction of sp³-hybridized carbons (Fsp3) is 0.724. The molecular formula is C29H36O10. The molecule has 0 radical (unpaired) electrons. The number of rotatable bonds is 1. The highest BCUT2D eigenvalue weighted by Crippen LogP contribution is 2.72. The maximum absolute atomic E-state index is 13.5. The van der Waals surface area contributed by atoms with Crippen LogP contribution in [0.5, 0.6) is 0 Å². The van der Waals surface area contributed by atoms with Gasteiger partial charge in [0.1, 0.15) is 35.6 Å². The zero-order valence-electron chi connectivity index (χ0n) is 22.5.